The third-order valence-electron chi connectivity index (χ3n) is 2.89. The van der Waals surface area contributed by atoms with E-state index in [2.05, 4.69) is 17.6 Å². The van der Waals surface area contributed by atoms with Crippen LogP contribution < -0.4 is 10.6 Å². The van der Waals surface area contributed by atoms with Gasteiger partial charge in [-0.15, -0.1) is 0 Å². The van der Waals surface area contributed by atoms with E-state index in [9.17, 15) is 9.00 Å². The summed E-state index contributed by atoms with van der Waals surface area (Å²) in [6.07, 6.45) is 4.55. The van der Waals surface area contributed by atoms with Crippen molar-refractivity contribution in [2.24, 2.45) is 5.92 Å². The third kappa shape index (κ3) is 5.07. The molecule has 0 bridgehead atoms. The Kier molecular flexibility index (Phi) is 5.98. The van der Waals surface area contributed by atoms with E-state index in [0.717, 1.165) is 25.8 Å². The van der Waals surface area contributed by atoms with Gasteiger partial charge in [-0.1, -0.05) is 6.92 Å². The zero-order valence-electron chi connectivity index (χ0n) is 10.1. The minimum absolute atomic E-state index is 0.0316. The fourth-order valence-electron chi connectivity index (χ4n) is 1.92. The monoisotopic (exact) mass is 246 g/mol. The molecule has 0 aliphatic carbocycles. The van der Waals surface area contributed by atoms with Crippen LogP contribution in [0.15, 0.2) is 0 Å². The van der Waals surface area contributed by atoms with Crippen molar-refractivity contribution in [1.29, 1.82) is 0 Å². The normalized spacial score (nSPS) is 27.4. The lowest BCUT2D eigenvalue weighted by atomic mass is 9.94. The van der Waals surface area contributed by atoms with Crippen LogP contribution in [0.5, 0.6) is 0 Å². The van der Waals surface area contributed by atoms with Crippen LogP contribution in [0.3, 0.4) is 0 Å². The molecule has 1 rings (SSSR count). The molecule has 1 amide bonds. The first-order valence-corrected chi connectivity index (χ1v) is 7.63. The molecule has 0 spiro atoms. The van der Waals surface area contributed by atoms with Crippen molar-refractivity contribution in [2.75, 3.05) is 25.1 Å². The number of nitrogens with one attached hydrogen (secondary N) is 2. The average Bonchev–Trinajstić information content (AvgIpc) is 2.24. The maximum atomic E-state index is 11.7. The smallest absolute Gasteiger partial charge is 0.237 e. The van der Waals surface area contributed by atoms with Gasteiger partial charge in [0.25, 0.3) is 0 Å². The van der Waals surface area contributed by atoms with Crippen molar-refractivity contribution in [1.82, 2.24) is 10.6 Å². The molecule has 1 saturated heterocycles. The lowest BCUT2D eigenvalue weighted by Crippen LogP contribution is -2.48. The number of piperidine rings is 1. The summed E-state index contributed by atoms with van der Waals surface area (Å²) in [6, 6.07) is -0.0316. The Morgan fingerprint density at radius 2 is 2.31 bits per heavy atom. The van der Waals surface area contributed by atoms with Crippen molar-refractivity contribution in [2.45, 2.75) is 32.2 Å². The average molecular weight is 246 g/mol. The fourth-order valence-corrected chi connectivity index (χ4v) is 2.47. The molecule has 0 saturated carbocycles. The Morgan fingerprint density at radius 1 is 1.56 bits per heavy atom. The van der Waals surface area contributed by atoms with E-state index in [0.29, 0.717) is 18.2 Å². The Labute approximate surface area is 100 Å². The predicted octanol–water partition coefficient (Wildman–Crippen LogP) is 0.259. The summed E-state index contributed by atoms with van der Waals surface area (Å²) in [7, 11) is -0.758. The van der Waals surface area contributed by atoms with Crippen molar-refractivity contribution in [3.63, 3.8) is 0 Å². The second kappa shape index (κ2) is 7.01. The number of carbonyl (C=O) groups is 1. The summed E-state index contributed by atoms with van der Waals surface area (Å²) in [4.78, 5) is 11.7. The lowest BCUT2D eigenvalue weighted by Gasteiger charge is -2.27. The van der Waals surface area contributed by atoms with Crippen molar-refractivity contribution in [3.8, 4) is 0 Å². The molecule has 5 heteroatoms. The summed E-state index contributed by atoms with van der Waals surface area (Å²) in [5.74, 6) is 1.38. The highest BCUT2D eigenvalue weighted by atomic mass is 32.2. The van der Waals surface area contributed by atoms with Crippen LogP contribution in [0, 0.1) is 5.92 Å². The summed E-state index contributed by atoms with van der Waals surface area (Å²) < 4.78 is 10.8. The highest BCUT2D eigenvalue weighted by Crippen LogP contribution is 2.14. The molecule has 2 N–H and O–H groups in total. The minimum Gasteiger partial charge on any atom is -0.355 e. The fraction of sp³-hybridized carbons (Fsp3) is 0.909. The Balaban J connectivity index is 2.16. The Hall–Kier alpha value is -0.420. The third-order valence-corrected chi connectivity index (χ3v) is 3.75. The van der Waals surface area contributed by atoms with Crippen LogP contribution in [0.4, 0.5) is 0 Å². The molecule has 4 nitrogen and oxygen atoms in total. The molecular formula is C11H22N2O2S. The van der Waals surface area contributed by atoms with E-state index in [1.54, 1.807) is 6.26 Å². The molecule has 1 aliphatic heterocycles. The van der Waals surface area contributed by atoms with Crippen LogP contribution in [-0.4, -0.2) is 41.3 Å². The Morgan fingerprint density at radius 3 is 2.94 bits per heavy atom. The maximum Gasteiger partial charge on any atom is 0.237 e. The van der Waals surface area contributed by atoms with E-state index in [1.165, 1.54) is 0 Å². The van der Waals surface area contributed by atoms with Gasteiger partial charge in [0.1, 0.15) is 0 Å². The van der Waals surface area contributed by atoms with Gasteiger partial charge in [-0.05, 0) is 31.7 Å². The zero-order chi connectivity index (χ0) is 12.0. The van der Waals surface area contributed by atoms with Gasteiger partial charge in [-0.2, -0.15) is 0 Å². The van der Waals surface area contributed by atoms with Crippen LogP contribution in [0.2, 0.25) is 0 Å². The van der Waals surface area contributed by atoms with Crippen LogP contribution >= 0.6 is 0 Å². The first-order valence-electron chi connectivity index (χ1n) is 5.90. The molecular weight excluding hydrogens is 224 g/mol. The number of carbonyl (C=O) groups excluding carboxylic acids is 1. The number of rotatable bonds is 5. The topological polar surface area (TPSA) is 58.2 Å². The van der Waals surface area contributed by atoms with E-state index in [4.69, 9.17) is 0 Å². The van der Waals surface area contributed by atoms with Gasteiger partial charge in [0.2, 0.25) is 5.91 Å². The minimum atomic E-state index is -0.758. The standard InChI is InChI=1S/C11H22N2O2S/c1-9-4-6-12-10(8-9)11(14)13-5-3-7-16(2)15/h9-10,12H,3-8H2,1-2H3,(H,13,14). The molecule has 1 aliphatic rings. The molecule has 0 aromatic heterocycles. The van der Waals surface area contributed by atoms with Crippen molar-refractivity contribution >= 4 is 16.7 Å². The number of hydrogen-bond donors (Lipinski definition) is 2. The van der Waals surface area contributed by atoms with Crippen LogP contribution in [-0.2, 0) is 15.6 Å². The predicted molar refractivity (Wildman–Crippen MR) is 66.7 cm³/mol. The van der Waals surface area contributed by atoms with E-state index >= 15 is 0 Å². The summed E-state index contributed by atoms with van der Waals surface area (Å²) in [6.45, 7) is 3.74. The first kappa shape index (κ1) is 13.6. The highest BCUT2D eigenvalue weighted by Gasteiger charge is 2.23. The second-order valence-electron chi connectivity index (χ2n) is 4.56. The molecule has 0 aromatic carbocycles. The zero-order valence-corrected chi connectivity index (χ0v) is 10.9. The summed E-state index contributed by atoms with van der Waals surface area (Å²) in [5, 5.41) is 6.12. The molecule has 0 aromatic rings. The van der Waals surface area contributed by atoms with Gasteiger partial charge in [0.15, 0.2) is 0 Å². The van der Waals surface area contributed by atoms with Gasteiger partial charge in [-0.25, -0.2) is 0 Å². The van der Waals surface area contributed by atoms with Crippen LogP contribution in [0.1, 0.15) is 26.2 Å². The van der Waals surface area contributed by atoms with Gasteiger partial charge in [-0.3, -0.25) is 9.00 Å². The van der Waals surface area contributed by atoms with E-state index in [-0.39, 0.29) is 11.9 Å². The van der Waals surface area contributed by atoms with Crippen molar-refractivity contribution in [3.05, 3.63) is 0 Å². The van der Waals surface area contributed by atoms with E-state index < -0.39 is 10.8 Å². The molecule has 0 radical (unpaired) electrons. The van der Waals surface area contributed by atoms with Crippen LogP contribution in [0.25, 0.3) is 0 Å². The first-order chi connectivity index (χ1) is 7.59. The lowest BCUT2D eigenvalue weighted by molar-refractivity contribution is -0.124. The quantitative estimate of drug-likeness (QED) is 0.684. The molecule has 1 heterocycles. The van der Waals surface area contributed by atoms with Crippen molar-refractivity contribution < 1.29 is 9.00 Å². The number of amides is 1. The highest BCUT2D eigenvalue weighted by molar-refractivity contribution is 7.84. The van der Waals surface area contributed by atoms with Gasteiger partial charge >= 0.3 is 0 Å². The largest absolute Gasteiger partial charge is 0.355 e. The molecule has 16 heavy (non-hydrogen) atoms. The van der Waals surface area contributed by atoms with Gasteiger partial charge in [0.05, 0.1) is 6.04 Å². The molecule has 3 atom stereocenters. The molecule has 3 unspecified atom stereocenters. The Bertz CT molecular complexity index is 258. The van der Waals surface area contributed by atoms with Gasteiger partial charge < -0.3 is 10.6 Å². The molecule has 1 fully saturated rings. The molecule has 94 valence electrons. The summed E-state index contributed by atoms with van der Waals surface area (Å²) >= 11 is 0. The SMILES string of the molecule is CC1CCNC(C(=O)NCCCS(C)=O)C1. The summed E-state index contributed by atoms with van der Waals surface area (Å²) in [5.41, 5.74) is 0. The van der Waals surface area contributed by atoms with E-state index in [1.807, 2.05) is 0 Å². The van der Waals surface area contributed by atoms with Gasteiger partial charge in [0, 0.05) is 29.4 Å². The number of hydrogen-bond acceptors (Lipinski definition) is 3. The maximum absolute atomic E-state index is 11.7. The second-order valence-corrected chi connectivity index (χ2v) is 6.11.